The van der Waals surface area contributed by atoms with E-state index in [0.717, 1.165) is 50.9 Å². The second kappa shape index (κ2) is 11.4. The normalized spacial score (nSPS) is 15.6. The molecule has 0 radical (unpaired) electrons. The fourth-order valence-corrected chi connectivity index (χ4v) is 3.28. The fraction of sp³-hybridized carbons (Fsp3) is 0.524. The Bertz CT molecular complexity index is 707. The largest absolute Gasteiger partial charge is 0.364 e. The Kier molecular flexibility index (Phi) is 9.24. The summed E-state index contributed by atoms with van der Waals surface area (Å²) in [5, 5.41) is 7.33. The molecule has 2 heterocycles. The third-order valence-corrected chi connectivity index (χ3v) is 4.94. The second-order valence-corrected chi connectivity index (χ2v) is 7.32. The Hall–Kier alpha value is -1.61. The summed E-state index contributed by atoms with van der Waals surface area (Å²) in [5.74, 6) is 1.55. The lowest BCUT2D eigenvalue weighted by molar-refractivity contribution is 0.172. The molecule has 1 saturated heterocycles. The molecule has 2 aromatic rings. The van der Waals surface area contributed by atoms with E-state index in [0.29, 0.717) is 12.5 Å². The Morgan fingerprint density at radius 1 is 1.14 bits per heavy atom. The van der Waals surface area contributed by atoms with Gasteiger partial charge in [-0.3, -0.25) is 4.90 Å². The van der Waals surface area contributed by atoms with Gasteiger partial charge in [0.15, 0.2) is 5.96 Å². The minimum Gasteiger partial charge on any atom is -0.364 e. The van der Waals surface area contributed by atoms with Gasteiger partial charge in [0.05, 0.1) is 6.54 Å². The van der Waals surface area contributed by atoms with Crippen LogP contribution in [0.4, 0.5) is 0 Å². The molecular formula is C21H32IN5O. The first kappa shape index (κ1) is 22.7. The Balaban J connectivity index is 0.00000280. The first-order valence-electron chi connectivity index (χ1n) is 9.89. The number of nitrogens with one attached hydrogen (secondary N) is 1. The summed E-state index contributed by atoms with van der Waals surface area (Å²) in [7, 11) is 0. The second-order valence-electron chi connectivity index (χ2n) is 7.32. The van der Waals surface area contributed by atoms with Crippen molar-refractivity contribution in [1.29, 1.82) is 0 Å². The van der Waals surface area contributed by atoms with Gasteiger partial charge in [-0.1, -0.05) is 43.3 Å². The van der Waals surface area contributed by atoms with Gasteiger partial charge in [-0.05, 0) is 24.0 Å². The van der Waals surface area contributed by atoms with Crippen LogP contribution in [0.15, 0.2) is 46.1 Å². The van der Waals surface area contributed by atoms with Crippen molar-refractivity contribution in [3.63, 3.8) is 0 Å². The van der Waals surface area contributed by atoms with Crippen molar-refractivity contribution in [2.24, 2.45) is 4.99 Å². The number of rotatable bonds is 6. The zero-order valence-corrected chi connectivity index (χ0v) is 19.4. The van der Waals surface area contributed by atoms with Crippen molar-refractivity contribution >= 4 is 29.9 Å². The third-order valence-electron chi connectivity index (χ3n) is 4.94. The minimum absolute atomic E-state index is 0. The van der Waals surface area contributed by atoms with Crippen LogP contribution in [0.2, 0.25) is 0 Å². The maximum absolute atomic E-state index is 4.88. The molecule has 1 aliphatic heterocycles. The van der Waals surface area contributed by atoms with Gasteiger partial charge in [-0.2, -0.15) is 0 Å². The van der Waals surface area contributed by atoms with Crippen molar-refractivity contribution in [3.8, 4) is 0 Å². The van der Waals surface area contributed by atoms with E-state index < -0.39 is 0 Å². The van der Waals surface area contributed by atoms with Gasteiger partial charge in [0.2, 0.25) is 0 Å². The van der Waals surface area contributed by atoms with Gasteiger partial charge in [-0.15, -0.1) is 24.0 Å². The fourth-order valence-electron chi connectivity index (χ4n) is 3.28. The standard InChI is InChI=1S/C21H31N5O.HI/c1-4-22-21(23-15-20-9-14-27-24-20)26-12-10-25(11-13-26)16-18-5-7-19(8-6-18)17(2)3;/h5-9,14,17H,4,10-13,15-16H2,1-3H3,(H,22,23);1H. The molecule has 0 unspecified atom stereocenters. The summed E-state index contributed by atoms with van der Waals surface area (Å²) >= 11 is 0. The SMILES string of the molecule is CCNC(=NCc1ccon1)N1CCN(Cc2ccc(C(C)C)cc2)CC1.I. The maximum Gasteiger partial charge on any atom is 0.194 e. The van der Waals surface area contributed by atoms with E-state index in [1.165, 1.54) is 11.1 Å². The van der Waals surface area contributed by atoms with Crippen molar-refractivity contribution in [1.82, 2.24) is 20.3 Å². The smallest absolute Gasteiger partial charge is 0.194 e. The van der Waals surface area contributed by atoms with Crippen LogP contribution in [-0.4, -0.2) is 53.6 Å². The molecule has 0 spiro atoms. The lowest BCUT2D eigenvalue weighted by atomic mass is 10.0. The number of hydrogen-bond acceptors (Lipinski definition) is 4. The van der Waals surface area contributed by atoms with Gasteiger partial charge in [0.1, 0.15) is 12.0 Å². The predicted molar refractivity (Wildman–Crippen MR) is 124 cm³/mol. The number of benzene rings is 1. The number of aromatic nitrogens is 1. The first-order valence-corrected chi connectivity index (χ1v) is 9.89. The van der Waals surface area contributed by atoms with Crippen molar-refractivity contribution in [2.45, 2.75) is 39.8 Å². The molecule has 6 nitrogen and oxygen atoms in total. The average Bonchev–Trinajstić information content (AvgIpc) is 3.20. The molecule has 7 heteroatoms. The molecule has 0 amide bonds. The number of hydrogen-bond donors (Lipinski definition) is 1. The lowest BCUT2D eigenvalue weighted by Gasteiger charge is -2.36. The van der Waals surface area contributed by atoms with Crippen LogP contribution in [-0.2, 0) is 13.1 Å². The minimum atomic E-state index is 0. The molecule has 1 aromatic carbocycles. The number of guanidine groups is 1. The summed E-state index contributed by atoms with van der Waals surface area (Å²) in [6.07, 6.45) is 1.59. The highest BCUT2D eigenvalue weighted by molar-refractivity contribution is 14.0. The van der Waals surface area contributed by atoms with E-state index in [1.54, 1.807) is 6.26 Å². The Morgan fingerprint density at radius 2 is 1.86 bits per heavy atom. The Labute approximate surface area is 185 Å². The zero-order chi connectivity index (χ0) is 19.1. The van der Waals surface area contributed by atoms with Gasteiger partial charge in [-0.25, -0.2) is 4.99 Å². The summed E-state index contributed by atoms with van der Waals surface area (Å²) < 4.78 is 4.88. The molecule has 28 heavy (non-hydrogen) atoms. The third kappa shape index (κ3) is 6.48. The highest BCUT2D eigenvalue weighted by Gasteiger charge is 2.19. The zero-order valence-electron chi connectivity index (χ0n) is 17.1. The van der Waals surface area contributed by atoms with Crippen molar-refractivity contribution < 1.29 is 4.52 Å². The predicted octanol–water partition coefficient (Wildman–Crippen LogP) is 3.70. The van der Waals surface area contributed by atoms with Gasteiger partial charge in [0.25, 0.3) is 0 Å². The highest BCUT2D eigenvalue weighted by atomic mass is 127. The number of nitrogens with zero attached hydrogens (tertiary/aromatic N) is 4. The molecule has 1 aliphatic rings. The number of aliphatic imine (C=N–C) groups is 1. The van der Waals surface area contributed by atoms with Crippen LogP contribution in [0.5, 0.6) is 0 Å². The molecular weight excluding hydrogens is 465 g/mol. The molecule has 1 fully saturated rings. The first-order chi connectivity index (χ1) is 13.2. The summed E-state index contributed by atoms with van der Waals surface area (Å²) in [6, 6.07) is 10.9. The van der Waals surface area contributed by atoms with E-state index in [2.05, 4.69) is 65.3 Å². The molecule has 1 aromatic heterocycles. The molecule has 3 rings (SSSR count). The summed E-state index contributed by atoms with van der Waals surface area (Å²) in [6.45, 7) is 13.0. The molecule has 0 aliphatic carbocycles. The van der Waals surface area contributed by atoms with Crippen LogP contribution in [0, 0.1) is 0 Å². The van der Waals surface area contributed by atoms with E-state index in [-0.39, 0.29) is 24.0 Å². The van der Waals surface area contributed by atoms with Crippen molar-refractivity contribution in [3.05, 3.63) is 53.4 Å². The Morgan fingerprint density at radius 3 is 2.43 bits per heavy atom. The summed E-state index contributed by atoms with van der Waals surface area (Å²) in [4.78, 5) is 9.56. The van der Waals surface area contributed by atoms with E-state index in [9.17, 15) is 0 Å². The monoisotopic (exact) mass is 497 g/mol. The number of piperazine rings is 1. The van der Waals surface area contributed by atoms with E-state index >= 15 is 0 Å². The quantitative estimate of drug-likeness (QED) is 0.375. The molecule has 154 valence electrons. The molecule has 0 bridgehead atoms. The van der Waals surface area contributed by atoms with E-state index in [4.69, 9.17) is 9.52 Å². The van der Waals surface area contributed by atoms with Crippen LogP contribution >= 0.6 is 24.0 Å². The van der Waals surface area contributed by atoms with E-state index in [1.807, 2.05) is 6.07 Å². The highest BCUT2D eigenvalue weighted by Crippen LogP contribution is 2.16. The van der Waals surface area contributed by atoms with Crippen molar-refractivity contribution in [2.75, 3.05) is 32.7 Å². The lowest BCUT2D eigenvalue weighted by Crippen LogP contribution is -2.52. The molecule has 0 saturated carbocycles. The van der Waals surface area contributed by atoms with Crippen LogP contribution in [0.25, 0.3) is 0 Å². The van der Waals surface area contributed by atoms with Crippen LogP contribution in [0.3, 0.4) is 0 Å². The summed E-state index contributed by atoms with van der Waals surface area (Å²) in [5.41, 5.74) is 3.65. The van der Waals surface area contributed by atoms with Gasteiger partial charge < -0.3 is 14.7 Å². The molecule has 1 N–H and O–H groups in total. The maximum atomic E-state index is 4.88. The van der Waals surface area contributed by atoms with Crippen LogP contribution < -0.4 is 5.32 Å². The average molecular weight is 497 g/mol. The molecule has 0 atom stereocenters. The number of halogens is 1. The van der Waals surface area contributed by atoms with Gasteiger partial charge in [0, 0.05) is 45.3 Å². The van der Waals surface area contributed by atoms with Gasteiger partial charge >= 0.3 is 0 Å². The van der Waals surface area contributed by atoms with Crippen LogP contribution in [0.1, 0.15) is 43.5 Å². The topological polar surface area (TPSA) is 56.9 Å².